The number of nitrogens with zero attached hydrogens (tertiary/aromatic N) is 4. The molecule has 0 aliphatic carbocycles. The first-order chi connectivity index (χ1) is 15.0. The van der Waals surface area contributed by atoms with E-state index in [1.54, 1.807) is 44.6 Å². The van der Waals surface area contributed by atoms with Crippen molar-refractivity contribution >= 4 is 11.4 Å². The number of methoxy groups -OCH3 is 2. The van der Waals surface area contributed by atoms with Crippen LogP contribution >= 0.6 is 0 Å². The van der Waals surface area contributed by atoms with Crippen molar-refractivity contribution < 1.29 is 18.9 Å². The van der Waals surface area contributed by atoms with E-state index in [4.69, 9.17) is 14.0 Å². The third-order valence-corrected chi connectivity index (χ3v) is 5.60. The van der Waals surface area contributed by atoms with Crippen LogP contribution in [0.1, 0.15) is 26.2 Å². The normalized spacial score (nSPS) is 16.2. The molecule has 1 aliphatic rings. The summed E-state index contributed by atoms with van der Waals surface area (Å²) in [6, 6.07) is 10.6. The molecule has 0 saturated carbocycles. The van der Waals surface area contributed by atoms with Gasteiger partial charge in [0.15, 0.2) is 11.5 Å². The number of hydrogen-bond donors (Lipinski definition) is 0. The first kappa shape index (κ1) is 20.6. The Hall–Kier alpha value is -3.62. The van der Waals surface area contributed by atoms with Crippen molar-refractivity contribution in [1.82, 2.24) is 10.1 Å². The number of ether oxygens (including phenoxy) is 2. The van der Waals surface area contributed by atoms with Crippen LogP contribution < -0.4 is 14.4 Å². The van der Waals surface area contributed by atoms with Gasteiger partial charge in [0.25, 0.3) is 11.6 Å². The summed E-state index contributed by atoms with van der Waals surface area (Å²) in [5, 5.41) is 15.8. The van der Waals surface area contributed by atoms with Gasteiger partial charge in [-0.3, -0.25) is 10.1 Å². The first-order valence-electron chi connectivity index (χ1n) is 10.1. The molecule has 4 rings (SSSR count). The highest BCUT2D eigenvalue weighted by Crippen LogP contribution is 2.37. The van der Waals surface area contributed by atoms with Crippen LogP contribution in [0.25, 0.3) is 22.8 Å². The smallest absolute Gasteiger partial charge is 0.293 e. The van der Waals surface area contributed by atoms with Gasteiger partial charge in [0.05, 0.1) is 19.1 Å². The van der Waals surface area contributed by atoms with Gasteiger partial charge in [0, 0.05) is 29.8 Å². The number of piperidine rings is 1. The van der Waals surface area contributed by atoms with E-state index >= 15 is 0 Å². The Morgan fingerprint density at radius 2 is 1.87 bits per heavy atom. The van der Waals surface area contributed by atoms with Crippen molar-refractivity contribution in [3.8, 4) is 34.3 Å². The van der Waals surface area contributed by atoms with Crippen molar-refractivity contribution in [1.29, 1.82) is 0 Å². The first-order valence-corrected chi connectivity index (χ1v) is 10.1. The highest BCUT2D eigenvalue weighted by Gasteiger charge is 2.27. The fourth-order valence-corrected chi connectivity index (χ4v) is 3.93. The quantitative estimate of drug-likeness (QED) is 0.414. The summed E-state index contributed by atoms with van der Waals surface area (Å²) in [7, 11) is 3.11. The Labute approximate surface area is 179 Å². The lowest BCUT2D eigenvalue weighted by Crippen LogP contribution is -2.37. The zero-order valence-corrected chi connectivity index (χ0v) is 17.7. The van der Waals surface area contributed by atoms with Gasteiger partial charge >= 0.3 is 0 Å². The molecule has 0 bridgehead atoms. The van der Waals surface area contributed by atoms with E-state index in [0.717, 1.165) is 25.8 Å². The number of anilines is 1. The van der Waals surface area contributed by atoms with Crippen molar-refractivity contribution in [2.24, 2.45) is 0 Å². The molecule has 1 aromatic heterocycles. The lowest BCUT2D eigenvalue weighted by molar-refractivity contribution is -0.384. The molecule has 0 unspecified atom stereocenters. The largest absolute Gasteiger partial charge is 0.493 e. The number of benzene rings is 2. The molecular formula is C22H24N4O5. The highest BCUT2D eigenvalue weighted by molar-refractivity contribution is 5.72. The molecule has 31 heavy (non-hydrogen) atoms. The topological polar surface area (TPSA) is 104 Å². The minimum absolute atomic E-state index is 0.0390. The molecule has 2 heterocycles. The average molecular weight is 424 g/mol. The molecule has 0 spiro atoms. The van der Waals surface area contributed by atoms with Gasteiger partial charge in [-0.15, -0.1) is 0 Å². The number of aromatic nitrogens is 2. The summed E-state index contributed by atoms with van der Waals surface area (Å²) in [4.78, 5) is 18.0. The van der Waals surface area contributed by atoms with Crippen LogP contribution in [0.3, 0.4) is 0 Å². The van der Waals surface area contributed by atoms with Crippen LogP contribution in [-0.4, -0.2) is 41.9 Å². The summed E-state index contributed by atoms with van der Waals surface area (Å²) in [5.41, 5.74) is 1.85. The third kappa shape index (κ3) is 4.03. The maximum absolute atomic E-state index is 11.8. The van der Waals surface area contributed by atoms with Crippen molar-refractivity contribution in [2.45, 2.75) is 32.2 Å². The van der Waals surface area contributed by atoms with Gasteiger partial charge in [-0.05, 0) is 56.5 Å². The van der Waals surface area contributed by atoms with Crippen LogP contribution in [0, 0.1) is 10.1 Å². The monoisotopic (exact) mass is 424 g/mol. The SMILES string of the molecule is COc1ccc(-c2noc(-c3ccc(N4CCCC[C@H]4C)c([N+](=O)[O-])c3)n2)cc1OC. The van der Waals surface area contributed by atoms with Crippen molar-refractivity contribution in [3.05, 3.63) is 46.5 Å². The Bertz CT molecular complexity index is 1100. The minimum atomic E-state index is -0.355. The average Bonchev–Trinajstić information content (AvgIpc) is 3.29. The molecule has 1 saturated heterocycles. The second-order valence-electron chi connectivity index (χ2n) is 7.49. The van der Waals surface area contributed by atoms with E-state index in [0.29, 0.717) is 34.1 Å². The maximum atomic E-state index is 11.8. The van der Waals surface area contributed by atoms with E-state index in [1.807, 2.05) is 0 Å². The second kappa shape index (κ2) is 8.63. The summed E-state index contributed by atoms with van der Waals surface area (Å²) >= 11 is 0. The lowest BCUT2D eigenvalue weighted by Gasteiger charge is -2.35. The van der Waals surface area contributed by atoms with Gasteiger partial charge in [-0.1, -0.05) is 5.16 Å². The Morgan fingerprint density at radius 3 is 2.58 bits per heavy atom. The molecule has 9 nitrogen and oxygen atoms in total. The van der Waals surface area contributed by atoms with Crippen LogP contribution in [0.2, 0.25) is 0 Å². The third-order valence-electron chi connectivity index (χ3n) is 5.60. The lowest BCUT2D eigenvalue weighted by atomic mass is 10.0. The van der Waals surface area contributed by atoms with E-state index in [-0.39, 0.29) is 22.5 Å². The zero-order chi connectivity index (χ0) is 22.0. The van der Waals surface area contributed by atoms with Crippen LogP contribution in [0.15, 0.2) is 40.9 Å². The van der Waals surface area contributed by atoms with Crippen molar-refractivity contribution in [3.63, 3.8) is 0 Å². The number of rotatable bonds is 6. The zero-order valence-electron chi connectivity index (χ0n) is 17.7. The predicted octanol–water partition coefficient (Wildman–Crippen LogP) is 4.71. The van der Waals surface area contributed by atoms with Crippen LogP contribution in [0.5, 0.6) is 11.5 Å². The molecular weight excluding hydrogens is 400 g/mol. The standard InChI is InChI=1S/C22H24N4O5/c1-14-6-4-5-11-25(14)17-9-7-16(12-18(17)26(27)28)22-23-21(24-31-22)15-8-10-19(29-2)20(13-15)30-3/h7-10,12-14H,4-6,11H2,1-3H3/t14-/m1/s1. The summed E-state index contributed by atoms with van der Waals surface area (Å²) < 4.78 is 16.0. The number of nitro benzene ring substituents is 1. The highest BCUT2D eigenvalue weighted by atomic mass is 16.6. The van der Waals surface area contributed by atoms with Crippen LogP contribution in [-0.2, 0) is 0 Å². The van der Waals surface area contributed by atoms with Crippen LogP contribution in [0.4, 0.5) is 11.4 Å². The van der Waals surface area contributed by atoms with E-state index < -0.39 is 0 Å². The van der Waals surface area contributed by atoms with Gasteiger partial charge in [-0.2, -0.15) is 4.98 Å². The van der Waals surface area contributed by atoms with E-state index in [1.165, 1.54) is 6.07 Å². The second-order valence-corrected chi connectivity index (χ2v) is 7.49. The predicted molar refractivity (Wildman–Crippen MR) is 116 cm³/mol. The number of nitro groups is 1. The Balaban J connectivity index is 1.67. The molecule has 2 aromatic carbocycles. The molecule has 1 atom stereocenters. The Kier molecular flexibility index (Phi) is 5.75. The molecule has 1 fully saturated rings. The van der Waals surface area contributed by atoms with E-state index in [9.17, 15) is 10.1 Å². The maximum Gasteiger partial charge on any atom is 0.293 e. The summed E-state index contributed by atoms with van der Waals surface area (Å²) in [6.07, 6.45) is 3.20. The Morgan fingerprint density at radius 1 is 1.10 bits per heavy atom. The van der Waals surface area contributed by atoms with Gasteiger partial charge in [0.1, 0.15) is 5.69 Å². The molecule has 9 heteroatoms. The van der Waals surface area contributed by atoms with Gasteiger partial charge < -0.3 is 18.9 Å². The minimum Gasteiger partial charge on any atom is -0.493 e. The molecule has 0 radical (unpaired) electrons. The molecule has 0 amide bonds. The van der Waals surface area contributed by atoms with Gasteiger partial charge in [0.2, 0.25) is 5.82 Å². The van der Waals surface area contributed by atoms with E-state index in [2.05, 4.69) is 22.0 Å². The molecule has 0 N–H and O–H groups in total. The molecule has 1 aliphatic heterocycles. The van der Waals surface area contributed by atoms with Gasteiger partial charge in [-0.25, -0.2) is 0 Å². The summed E-state index contributed by atoms with van der Waals surface area (Å²) in [5.74, 6) is 1.70. The molecule has 162 valence electrons. The van der Waals surface area contributed by atoms with Crippen molar-refractivity contribution in [2.75, 3.05) is 25.7 Å². The molecule has 3 aromatic rings. The summed E-state index contributed by atoms with van der Waals surface area (Å²) in [6.45, 7) is 2.91. The fourth-order valence-electron chi connectivity index (χ4n) is 3.93. The fraction of sp³-hybridized carbons (Fsp3) is 0.364. The number of hydrogen-bond acceptors (Lipinski definition) is 8.